The Balaban J connectivity index is 1.27. The number of halogens is 2. The third kappa shape index (κ3) is 4.16. The number of ether oxygens (including phenoxy) is 1. The second-order valence-corrected chi connectivity index (χ2v) is 10.9. The number of alkyl halides is 2. The largest absolute Gasteiger partial charge is 0.324 e. The fourth-order valence-corrected chi connectivity index (χ4v) is 7.56. The van der Waals surface area contributed by atoms with Crippen molar-refractivity contribution in [3.63, 3.8) is 0 Å². The lowest BCUT2D eigenvalue weighted by atomic mass is 9.85. The number of hydrogen-bond donors (Lipinski definition) is 3. The van der Waals surface area contributed by atoms with Crippen LogP contribution < -0.4 is 16.2 Å². The number of hydrogen-bond acceptors (Lipinski definition) is 5. The zero-order valence-corrected chi connectivity index (χ0v) is 17.4. The van der Waals surface area contributed by atoms with E-state index in [9.17, 15) is 4.79 Å². The van der Waals surface area contributed by atoms with Gasteiger partial charge >= 0.3 is 0 Å². The van der Waals surface area contributed by atoms with E-state index in [1.165, 1.54) is 32.1 Å². The molecule has 0 radical (unpaired) electrons. The molecule has 8 heteroatoms. The molecule has 5 nitrogen and oxygen atoms in total. The van der Waals surface area contributed by atoms with Crippen molar-refractivity contribution in [1.29, 1.82) is 0 Å². The standard InChI is InChI=1S/C17H27BrClN3O2S/c18-10-7-5-9(6-8-10)16-21-22-17(24-16)20-15(23)14-13(19)11-3-1-2-4-12(11)25-14/h9-14,16-17,21-22H,1-8H2,(H,20,23). The van der Waals surface area contributed by atoms with Crippen LogP contribution in [0, 0.1) is 11.8 Å². The van der Waals surface area contributed by atoms with Gasteiger partial charge < -0.3 is 10.1 Å². The summed E-state index contributed by atoms with van der Waals surface area (Å²) in [5.41, 5.74) is 6.29. The van der Waals surface area contributed by atoms with Crippen LogP contribution in [0.3, 0.4) is 0 Å². The molecule has 4 fully saturated rings. The summed E-state index contributed by atoms with van der Waals surface area (Å²) in [6, 6.07) is 0. The highest BCUT2D eigenvalue weighted by molar-refractivity contribution is 9.09. The smallest absolute Gasteiger partial charge is 0.237 e. The third-order valence-electron chi connectivity index (χ3n) is 6.07. The summed E-state index contributed by atoms with van der Waals surface area (Å²) in [6.45, 7) is 0. The number of thioether (sulfide) groups is 1. The van der Waals surface area contributed by atoms with E-state index >= 15 is 0 Å². The maximum atomic E-state index is 12.7. The molecule has 2 heterocycles. The van der Waals surface area contributed by atoms with Gasteiger partial charge in [-0.2, -0.15) is 0 Å². The van der Waals surface area contributed by atoms with Crippen LogP contribution in [0.4, 0.5) is 0 Å². The monoisotopic (exact) mass is 451 g/mol. The minimum Gasteiger partial charge on any atom is -0.324 e. The van der Waals surface area contributed by atoms with Gasteiger partial charge in [0.2, 0.25) is 12.3 Å². The molecule has 25 heavy (non-hydrogen) atoms. The van der Waals surface area contributed by atoms with Gasteiger partial charge in [-0.15, -0.1) is 23.4 Å². The quantitative estimate of drug-likeness (QED) is 0.575. The van der Waals surface area contributed by atoms with Crippen LogP contribution in [-0.2, 0) is 9.53 Å². The molecule has 2 aliphatic carbocycles. The van der Waals surface area contributed by atoms with Gasteiger partial charge in [-0.3, -0.25) is 4.79 Å². The Hall–Kier alpha value is 0.470. The lowest BCUT2D eigenvalue weighted by molar-refractivity contribution is -0.125. The summed E-state index contributed by atoms with van der Waals surface area (Å²) in [5, 5.41) is 3.32. The van der Waals surface area contributed by atoms with Crippen LogP contribution in [0.2, 0.25) is 0 Å². The summed E-state index contributed by atoms with van der Waals surface area (Å²) < 4.78 is 6.00. The van der Waals surface area contributed by atoms with Gasteiger partial charge in [0.15, 0.2) is 0 Å². The predicted molar refractivity (Wildman–Crippen MR) is 105 cm³/mol. The third-order valence-corrected chi connectivity index (χ3v) is 9.45. The first-order chi connectivity index (χ1) is 12.1. The van der Waals surface area contributed by atoms with Crippen molar-refractivity contribution < 1.29 is 9.53 Å². The first kappa shape index (κ1) is 18.8. The molecule has 2 saturated carbocycles. The molecular formula is C17H27BrClN3O2S. The molecule has 6 atom stereocenters. The van der Waals surface area contributed by atoms with E-state index in [0.717, 1.165) is 19.3 Å². The second kappa shape index (κ2) is 8.23. The number of rotatable bonds is 3. The average Bonchev–Trinajstić information content (AvgIpc) is 3.21. The van der Waals surface area contributed by atoms with Crippen LogP contribution in [0.15, 0.2) is 0 Å². The SMILES string of the molecule is O=C(NC1NNC(C2CCC(Br)CC2)O1)C1SC2CCCCC2C1Cl. The van der Waals surface area contributed by atoms with Crippen molar-refractivity contribution in [2.45, 2.75) is 84.7 Å². The van der Waals surface area contributed by atoms with Crippen LogP contribution in [0.5, 0.6) is 0 Å². The number of amides is 1. The molecule has 1 amide bonds. The Bertz CT molecular complexity index is 495. The lowest BCUT2D eigenvalue weighted by Crippen LogP contribution is -2.49. The number of hydrazine groups is 1. The minimum absolute atomic E-state index is 0.00326. The average molecular weight is 453 g/mol. The normalized spacial score (nSPS) is 47.4. The second-order valence-electron chi connectivity index (χ2n) is 7.73. The van der Waals surface area contributed by atoms with Crippen molar-refractivity contribution >= 4 is 45.2 Å². The molecule has 0 aromatic rings. The molecule has 2 saturated heterocycles. The topological polar surface area (TPSA) is 62.4 Å². The molecule has 0 aromatic heterocycles. The lowest BCUT2D eigenvalue weighted by Gasteiger charge is -2.29. The van der Waals surface area contributed by atoms with Gasteiger partial charge in [0.05, 0.1) is 5.38 Å². The van der Waals surface area contributed by atoms with Crippen molar-refractivity contribution in [2.75, 3.05) is 0 Å². The number of fused-ring (bicyclic) bond motifs is 1. The fourth-order valence-electron chi connectivity index (χ4n) is 4.62. The molecule has 0 aromatic carbocycles. The van der Waals surface area contributed by atoms with Crippen LogP contribution in [-0.4, -0.2) is 39.2 Å². The molecule has 4 rings (SSSR count). The van der Waals surface area contributed by atoms with Gasteiger partial charge in [0.1, 0.15) is 11.5 Å². The zero-order chi connectivity index (χ0) is 17.4. The van der Waals surface area contributed by atoms with Gasteiger partial charge in [0.25, 0.3) is 0 Å². The van der Waals surface area contributed by atoms with Gasteiger partial charge in [0, 0.05) is 10.1 Å². The Labute approximate surface area is 167 Å². The Kier molecular flexibility index (Phi) is 6.19. The van der Waals surface area contributed by atoms with E-state index in [1.807, 2.05) is 0 Å². The molecule has 3 N–H and O–H groups in total. The highest BCUT2D eigenvalue weighted by Crippen LogP contribution is 2.48. The minimum atomic E-state index is -0.466. The van der Waals surface area contributed by atoms with Crippen LogP contribution in [0.25, 0.3) is 0 Å². The van der Waals surface area contributed by atoms with Gasteiger partial charge in [-0.05, 0) is 50.4 Å². The molecule has 0 spiro atoms. The van der Waals surface area contributed by atoms with E-state index in [4.69, 9.17) is 16.3 Å². The first-order valence-corrected chi connectivity index (χ1v) is 11.8. The Morgan fingerprint density at radius 3 is 2.64 bits per heavy atom. The molecular weight excluding hydrogens is 426 g/mol. The number of carbonyl (C=O) groups excluding carboxylic acids is 1. The van der Waals surface area contributed by atoms with E-state index < -0.39 is 6.35 Å². The summed E-state index contributed by atoms with van der Waals surface area (Å²) in [4.78, 5) is 13.3. The molecule has 4 aliphatic rings. The van der Waals surface area contributed by atoms with E-state index in [2.05, 4.69) is 32.1 Å². The fraction of sp³-hybridized carbons (Fsp3) is 0.941. The molecule has 0 bridgehead atoms. The summed E-state index contributed by atoms with van der Waals surface area (Å²) >= 11 is 12.1. The summed E-state index contributed by atoms with van der Waals surface area (Å²) in [7, 11) is 0. The van der Waals surface area contributed by atoms with Gasteiger partial charge in [-0.25, -0.2) is 10.9 Å². The predicted octanol–water partition coefficient (Wildman–Crippen LogP) is 3.07. The first-order valence-electron chi connectivity index (χ1n) is 9.52. The number of nitrogens with one attached hydrogen (secondary N) is 3. The maximum absolute atomic E-state index is 12.7. The highest BCUT2D eigenvalue weighted by atomic mass is 79.9. The molecule has 2 aliphatic heterocycles. The van der Waals surface area contributed by atoms with Crippen molar-refractivity contribution in [3.05, 3.63) is 0 Å². The van der Waals surface area contributed by atoms with E-state index in [0.29, 0.717) is 21.9 Å². The van der Waals surface area contributed by atoms with E-state index in [1.54, 1.807) is 11.8 Å². The van der Waals surface area contributed by atoms with Crippen molar-refractivity contribution in [3.8, 4) is 0 Å². The number of carbonyl (C=O) groups is 1. The maximum Gasteiger partial charge on any atom is 0.237 e. The molecule has 6 unspecified atom stereocenters. The van der Waals surface area contributed by atoms with E-state index in [-0.39, 0.29) is 22.8 Å². The Morgan fingerprint density at radius 2 is 1.88 bits per heavy atom. The van der Waals surface area contributed by atoms with Crippen molar-refractivity contribution in [1.82, 2.24) is 16.2 Å². The summed E-state index contributed by atoms with van der Waals surface area (Å²) in [6.07, 6.45) is 9.01. The van der Waals surface area contributed by atoms with Crippen molar-refractivity contribution in [2.24, 2.45) is 11.8 Å². The Morgan fingerprint density at radius 1 is 1.12 bits per heavy atom. The zero-order valence-electron chi connectivity index (χ0n) is 14.3. The highest BCUT2D eigenvalue weighted by Gasteiger charge is 2.47. The van der Waals surface area contributed by atoms with Gasteiger partial charge in [-0.1, -0.05) is 28.8 Å². The molecule has 142 valence electrons. The summed E-state index contributed by atoms with van der Waals surface area (Å²) in [5.74, 6) is 0.982. The van der Waals surface area contributed by atoms with Crippen LogP contribution >= 0.6 is 39.3 Å². The van der Waals surface area contributed by atoms with Crippen LogP contribution in [0.1, 0.15) is 51.4 Å².